The maximum Gasteiger partial charge on any atom is 0.236 e. The molecule has 0 saturated carbocycles. The molecule has 3 rings (SSSR count). The summed E-state index contributed by atoms with van der Waals surface area (Å²) in [6, 6.07) is 11.4. The van der Waals surface area contributed by atoms with Crippen molar-refractivity contribution in [2.24, 2.45) is 5.92 Å². The van der Waals surface area contributed by atoms with Crippen molar-refractivity contribution in [3.63, 3.8) is 0 Å². The second-order valence-corrected chi connectivity index (χ2v) is 6.58. The van der Waals surface area contributed by atoms with Crippen LogP contribution in [0.5, 0.6) is 0 Å². The molecule has 0 radical (unpaired) electrons. The van der Waals surface area contributed by atoms with Gasteiger partial charge in [0.2, 0.25) is 5.91 Å². The second-order valence-electron chi connectivity index (χ2n) is 6.58. The molecule has 1 aromatic rings. The Kier molecular flexibility index (Phi) is 5.11. The van der Waals surface area contributed by atoms with Gasteiger partial charge in [0.05, 0.1) is 6.54 Å². The maximum absolute atomic E-state index is 12.1. The van der Waals surface area contributed by atoms with Gasteiger partial charge in [0, 0.05) is 25.7 Å². The Morgan fingerprint density at radius 1 is 1.23 bits per heavy atom. The number of hydrogen-bond acceptors (Lipinski definition) is 3. The zero-order chi connectivity index (χ0) is 15.4. The van der Waals surface area contributed by atoms with E-state index in [-0.39, 0.29) is 5.91 Å². The first-order valence-corrected chi connectivity index (χ1v) is 8.48. The van der Waals surface area contributed by atoms with Crippen molar-refractivity contribution >= 4 is 5.91 Å². The van der Waals surface area contributed by atoms with Crippen molar-refractivity contribution in [3.05, 3.63) is 35.9 Å². The fraction of sp³-hybridized carbons (Fsp3) is 0.611. The number of rotatable bonds is 4. The summed E-state index contributed by atoms with van der Waals surface area (Å²) >= 11 is 0. The highest BCUT2D eigenvalue weighted by Crippen LogP contribution is 2.31. The lowest BCUT2D eigenvalue weighted by molar-refractivity contribution is -0.133. The van der Waals surface area contributed by atoms with Gasteiger partial charge < -0.3 is 10.2 Å². The molecule has 0 aromatic heterocycles. The van der Waals surface area contributed by atoms with Crippen LogP contribution in [0.25, 0.3) is 0 Å². The highest BCUT2D eigenvalue weighted by Gasteiger charge is 2.36. The Morgan fingerprint density at radius 2 is 2.05 bits per heavy atom. The number of nitrogens with zero attached hydrogens (tertiary/aromatic N) is 2. The number of piperidine rings is 2. The second kappa shape index (κ2) is 7.25. The molecule has 4 heteroatoms. The monoisotopic (exact) mass is 301 g/mol. The van der Waals surface area contributed by atoms with Crippen molar-refractivity contribution in [1.82, 2.24) is 15.1 Å². The average molecular weight is 301 g/mol. The van der Waals surface area contributed by atoms with Crippen LogP contribution < -0.4 is 5.32 Å². The van der Waals surface area contributed by atoms with Crippen molar-refractivity contribution in [2.45, 2.75) is 31.8 Å². The lowest BCUT2D eigenvalue weighted by Gasteiger charge is -2.47. The SMILES string of the molecule is CNCC(=O)N1CCC2C(CCCN2Cc2ccccc2)C1. The van der Waals surface area contributed by atoms with Crippen LogP contribution in [0.15, 0.2) is 30.3 Å². The van der Waals surface area contributed by atoms with Gasteiger partial charge >= 0.3 is 0 Å². The molecular weight excluding hydrogens is 274 g/mol. The largest absolute Gasteiger partial charge is 0.341 e. The van der Waals surface area contributed by atoms with Crippen LogP contribution in [0, 0.1) is 5.92 Å². The Morgan fingerprint density at radius 3 is 2.82 bits per heavy atom. The molecule has 0 aliphatic carbocycles. The van der Waals surface area contributed by atoms with E-state index in [2.05, 4.69) is 45.4 Å². The first kappa shape index (κ1) is 15.5. The van der Waals surface area contributed by atoms with Gasteiger partial charge in [-0.15, -0.1) is 0 Å². The summed E-state index contributed by atoms with van der Waals surface area (Å²) in [5, 5.41) is 2.98. The van der Waals surface area contributed by atoms with Crippen molar-refractivity contribution < 1.29 is 4.79 Å². The van der Waals surface area contributed by atoms with Crippen LogP contribution in [0.2, 0.25) is 0 Å². The van der Waals surface area contributed by atoms with Gasteiger partial charge in [-0.1, -0.05) is 30.3 Å². The van der Waals surface area contributed by atoms with E-state index < -0.39 is 0 Å². The van der Waals surface area contributed by atoms with E-state index in [4.69, 9.17) is 0 Å². The Balaban J connectivity index is 1.62. The Hall–Kier alpha value is -1.39. The molecule has 2 heterocycles. The van der Waals surface area contributed by atoms with Crippen molar-refractivity contribution in [1.29, 1.82) is 0 Å². The lowest BCUT2D eigenvalue weighted by Crippen LogP contribution is -2.55. The molecule has 2 aliphatic rings. The van der Waals surface area contributed by atoms with E-state index in [9.17, 15) is 4.79 Å². The van der Waals surface area contributed by atoms with Gasteiger partial charge in [-0.2, -0.15) is 0 Å². The van der Waals surface area contributed by atoms with E-state index in [1.165, 1.54) is 24.9 Å². The first-order chi connectivity index (χ1) is 10.8. The minimum Gasteiger partial charge on any atom is -0.341 e. The third-order valence-corrected chi connectivity index (χ3v) is 5.09. The van der Waals surface area contributed by atoms with Gasteiger partial charge in [-0.3, -0.25) is 9.69 Å². The van der Waals surface area contributed by atoms with E-state index in [1.54, 1.807) is 0 Å². The molecule has 120 valence electrons. The summed E-state index contributed by atoms with van der Waals surface area (Å²) in [5.41, 5.74) is 1.40. The minimum atomic E-state index is 0.251. The molecule has 1 amide bonds. The van der Waals surface area contributed by atoms with Gasteiger partial charge in [0.15, 0.2) is 0 Å². The summed E-state index contributed by atoms with van der Waals surface area (Å²) in [4.78, 5) is 16.8. The molecule has 4 nitrogen and oxygen atoms in total. The number of hydrogen-bond donors (Lipinski definition) is 1. The predicted molar refractivity (Wildman–Crippen MR) is 88.5 cm³/mol. The molecule has 2 aliphatic heterocycles. The van der Waals surface area contributed by atoms with Gasteiger partial charge in [-0.05, 0) is 44.3 Å². The molecular formula is C18H27N3O. The van der Waals surface area contributed by atoms with E-state index >= 15 is 0 Å². The number of fused-ring (bicyclic) bond motifs is 1. The third-order valence-electron chi connectivity index (χ3n) is 5.09. The molecule has 2 unspecified atom stereocenters. The van der Waals surface area contributed by atoms with Crippen LogP contribution in [-0.2, 0) is 11.3 Å². The number of likely N-dealkylation sites (tertiary alicyclic amines) is 2. The lowest BCUT2D eigenvalue weighted by atomic mass is 9.83. The smallest absolute Gasteiger partial charge is 0.236 e. The number of likely N-dealkylation sites (N-methyl/N-ethyl adjacent to an activating group) is 1. The van der Waals surface area contributed by atoms with Crippen molar-refractivity contribution in [2.75, 3.05) is 33.2 Å². The summed E-state index contributed by atoms with van der Waals surface area (Å²) in [6.45, 7) is 4.56. The van der Waals surface area contributed by atoms with Gasteiger partial charge in [0.25, 0.3) is 0 Å². The standard InChI is InChI=1S/C18H27N3O/c1-19-12-18(22)21-11-9-17-16(14-21)8-5-10-20(17)13-15-6-3-2-4-7-15/h2-4,6-7,16-17,19H,5,8-14H2,1H3. The molecule has 1 aromatic carbocycles. The number of amides is 1. The molecule has 2 fully saturated rings. The normalized spacial score (nSPS) is 25.8. The number of carbonyl (C=O) groups excluding carboxylic acids is 1. The highest BCUT2D eigenvalue weighted by atomic mass is 16.2. The van der Waals surface area contributed by atoms with Crippen LogP contribution in [0.1, 0.15) is 24.8 Å². The summed E-state index contributed by atoms with van der Waals surface area (Å²) < 4.78 is 0. The van der Waals surface area contributed by atoms with Crippen LogP contribution in [0.4, 0.5) is 0 Å². The maximum atomic E-state index is 12.1. The summed E-state index contributed by atoms with van der Waals surface area (Å²) in [6.07, 6.45) is 3.63. The van der Waals surface area contributed by atoms with Gasteiger partial charge in [-0.25, -0.2) is 0 Å². The molecule has 0 spiro atoms. The third kappa shape index (κ3) is 3.50. The van der Waals surface area contributed by atoms with Crippen LogP contribution in [0.3, 0.4) is 0 Å². The fourth-order valence-corrected chi connectivity index (χ4v) is 4.01. The quantitative estimate of drug-likeness (QED) is 0.920. The molecule has 1 N–H and O–H groups in total. The number of carbonyl (C=O) groups is 1. The fourth-order valence-electron chi connectivity index (χ4n) is 4.01. The van der Waals surface area contributed by atoms with Gasteiger partial charge in [0.1, 0.15) is 0 Å². The predicted octanol–water partition coefficient (Wildman–Crippen LogP) is 1.72. The molecule has 0 bridgehead atoms. The van der Waals surface area contributed by atoms with E-state index in [0.717, 1.165) is 26.1 Å². The zero-order valence-electron chi connectivity index (χ0n) is 13.5. The molecule has 22 heavy (non-hydrogen) atoms. The average Bonchev–Trinajstić information content (AvgIpc) is 2.56. The molecule has 2 atom stereocenters. The summed E-state index contributed by atoms with van der Waals surface area (Å²) in [5.74, 6) is 0.896. The number of nitrogens with one attached hydrogen (secondary N) is 1. The van der Waals surface area contributed by atoms with E-state index in [0.29, 0.717) is 18.5 Å². The summed E-state index contributed by atoms with van der Waals surface area (Å²) in [7, 11) is 1.84. The van der Waals surface area contributed by atoms with Crippen LogP contribution in [-0.4, -0.2) is 55.0 Å². The van der Waals surface area contributed by atoms with E-state index in [1.807, 2.05) is 7.05 Å². The first-order valence-electron chi connectivity index (χ1n) is 8.48. The van der Waals surface area contributed by atoms with Crippen molar-refractivity contribution in [3.8, 4) is 0 Å². The van der Waals surface area contributed by atoms with Crippen LogP contribution >= 0.6 is 0 Å². The number of benzene rings is 1. The molecule has 2 saturated heterocycles. The minimum absolute atomic E-state index is 0.251. The Labute approximate surface area is 133 Å². The Bertz CT molecular complexity index is 490. The highest BCUT2D eigenvalue weighted by molar-refractivity contribution is 5.78. The topological polar surface area (TPSA) is 35.6 Å². The zero-order valence-corrected chi connectivity index (χ0v) is 13.5.